The number of aromatic nitrogens is 4. The van der Waals surface area contributed by atoms with Gasteiger partial charge in [-0.15, -0.1) is 0 Å². The Hall–Kier alpha value is -4.72. The van der Waals surface area contributed by atoms with Crippen molar-refractivity contribution in [3.05, 3.63) is 96.7 Å². The van der Waals surface area contributed by atoms with E-state index in [-0.39, 0.29) is 0 Å². The third kappa shape index (κ3) is 4.80. The van der Waals surface area contributed by atoms with Crippen LogP contribution < -0.4 is 16.1 Å². The highest BCUT2D eigenvalue weighted by Crippen LogP contribution is 2.20. The van der Waals surface area contributed by atoms with Gasteiger partial charge < -0.3 is 15.6 Å². The lowest BCUT2D eigenvalue weighted by molar-refractivity contribution is 1.04. The highest BCUT2D eigenvalue weighted by Gasteiger charge is 2.09. The van der Waals surface area contributed by atoms with Gasteiger partial charge >= 0.3 is 0 Å². The van der Waals surface area contributed by atoms with Gasteiger partial charge in [0.15, 0.2) is 0 Å². The number of benzene rings is 3. The van der Waals surface area contributed by atoms with E-state index in [2.05, 4.69) is 47.2 Å². The summed E-state index contributed by atoms with van der Waals surface area (Å²) in [5.41, 5.74) is 7.61. The minimum Gasteiger partial charge on any atom is -0.360 e. The Balaban J connectivity index is 1.44. The predicted molar refractivity (Wildman–Crippen MR) is 133 cm³/mol. The topological polar surface area (TPSA) is 103 Å². The largest absolute Gasteiger partial charge is 0.360 e. The molecule has 0 aliphatic carbocycles. The molecule has 2 heterocycles. The zero-order valence-corrected chi connectivity index (χ0v) is 17.9. The predicted octanol–water partition coefficient (Wildman–Crippen LogP) is 5.68. The second-order valence-electron chi connectivity index (χ2n) is 7.35. The number of para-hydroxylation sites is 3. The maximum atomic E-state index is 4.52. The summed E-state index contributed by atoms with van der Waals surface area (Å²) in [4.78, 5) is 16.7. The van der Waals surface area contributed by atoms with Gasteiger partial charge in [0.25, 0.3) is 0 Å². The van der Waals surface area contributed by atoms with Gasteiger partial charge in [-0.25, -0.2) is 5.43 Å². The number of hydrogen-bond acceptors (Lipinski definition) is 7. The second-order valence-corrected chi connectivity index (χ2v) is 7.35. The molecule has 5 rings (SSSR count). The van der Waals surface area contributed by atoms with E-state index < -0.39 is 0 Å². The number of hydrazone groups is 1. The van der Waals surface area contributed by atoms with Gasteiger partial charge in [-0.1, -0.05) is 54.6 Å². The van der Waals surface area contributed by atoms with Crippen LogP contribution in [0.2, 0.25) is 0 Å². The van der Waals surface area contributed by atoms with Crippen LogP contribution in [0, 0.1) is 0 Å². The third-order valence-electron chi connectivity index (χ3n) is 5.00. The summed E-state index contributed by atoms with van der Waals surface area (Å²) < 4.78 is 0. The molecule has 8 heteroatoms. The molecule has 0 fully saturated rings. The minimum atomic E-state index is 0.320. The van der Waals surface area contributed by atoms with Crippen molar-refractivity contribution in [3.63, 3.8) is 0 Å². The lowest BCUT2D eigenvalue weighted by Crippen LogP contribution is -2.08. The van der Waals surface area contributed by atoms with Crippen molar-refractivity contribution < 1.29 is 0 Å². The van der Waals surface area contributed by atoms with Crippen molar-refractivity contribution >= 4 is 45.8 Å². The molecule has 33 heavy (non-hydrogen) atoms. The summed E-state index contributed by atoms with van der Waals surface area (Å²) >= 11 is 0. The van der Waals surface area contributed by atoms with Crippen molar-refractivity contribution in [2.75, 3.05) is 16.1 Å². The molecule has 0 spiro atoms. The van der Waals surface area contributed by atoms with Gasteiger partial charge in [-0.2, -0.15) is 20.1 Å². The summed E-state index contributed by atoms with van der Waals surface area (Å²) in [5.74, 6) is 1.12. The van der Waals surface area contributed by atoms with E-state index in [0.29, 0.717) is 17.8 Å². The first kappa shape index (κ1) is 20.2. The molecule has 5 aromatic rings. The summed E-state index contributed by atoms with van der Waals surface area (Å²) in [6, 6.07) is 27.6. The Morgan fingerprint density at radius 2 is 1.24 bits per heavy atom. The lowest BCUT2D eigenvalue weighted by atomic mass is 10.1. The molecule has 0 unspecified atom stereocenters. The Morgan fingerprint density at radius 3 is 1.88 bits per heavy atom. The maximum Gasteiger partial charge on any atom is 0.250 e. The first-order valence-electron chi connectivity index (χ1n) is 10.5. The van der Waals surface area contributed by atoms with Crippen LogP contribution in [-0.2, 0) is 0 Å². The molecule has 162 valence electrons. The van der Waals surface area contributed by atoms with Crippen molar-refractivity contribution in [2.24, 2.45) is 5.10 Å². The van der Waals surface area contributed by atoms with Crippen LogP contribution in [0.1, 0.15) is 12.5 Å². The molecule has 0 atom stereocenters. The van der Waals surface area contributed by atoms with Crippen LogP contribution in [0.25, 0.3) is 10.9 Å². The average molecular weight is 435 g/mol. The highest BCUT2D eigenvalue weighted by molar-refractivity contribution is 6.09. The number of nitrogens with zero attached hydrogens (tertiary/aromatic N) is 4. The van der Waals surface area contributed by atoms with Crippen molar-refractivity contribution in [1.82, 2.24) is 19.9 Å². The molecular weight excluding hydrogens is 412 g/mol. The monoisotopic (exact) mass is 434 g/mol. The SMILES string of the molecule is C/C(=N\Nc1nc(Nc2ccccc2)nc(Nc2ccccc2)n1)c1c[nH]c2ccccc12. The third-order valence-corrected chi connectivity index (χ3v) is 5.00. The van der Waals surface area contributed by atoms with Crippen LogP contribution in [-0.4, -0.2) is 25.6 Å². The molecule has 4 N–H and O–H groups in total. The van der Waals surface area contributed by atoms with E-state index >= 15 is 0 Å². The van der Waals surface area contributed by atoms with E-state index in [1.807, 2.05) is 92.0 Å². The molecule has 0 bridgehead atoms. The summed E-state index contributed by atoms with van der Waals surface area (Å²) in [6.45, 7) is 1.94. The number of anilines is 5. The molecule has 3 aromatic carbocycles. The molecule has 2 aromatic heterocycles. The normalized spacial score (nSPS) is 11.4. The van der Waals surface area contributed by atoms with Gasteiger partial charge in [0.05, 0.1) is 5.71 Å². The Bertz CT molecular complexity index is 1330. The van der Waals surface area contributed by atoms with E-state index in [0.717, 1.165) is 33.6 Å². The Kier molecular flexibility index (Phi) is 5.62. The fraction of sp³-hybridized carbons (Fsp3) is 0.0400. The van der Waals surface area contributed by atoms with Crippen molar-refractivity contribution in [1.29, 1.82) is 0 Å². The summed E-state index contributed by atoms with van der Waals surface area (Å²) in [6.07, 6.45) is 1.95. The number of rotatable bonds is 7. The van der Waals surface area contributed by atoms with E-state index in [4.69, 9.17) is 0 Å². The summed E-state index contributed by atoms with van der Waals surface area (Å²) in [5, 5.41) is 12.1. The lowest BCUT2D eigenvalue weighted by Gasteiger charge is -2.10. The first-order chi connectivity index (χ1) is 16.2. The smallest absolute Gasteiger partial charge is 0.250 e. The molecule has 0 aliphatic heterocycles. The van der Waals surface area contributed by atoms with Gasteiger partial charge in [-0.3, -0.25) is 0 Å². The molecule has 0 radical (unpaired) electrons. The number of fused-ring (bicyclic) bond motifs is 1. The average Bonchev–Trinajstić information content (AvgIpc) is 3.28. The standard InChI is InChI=1S/C25H22N8/c1-17(21-16-26-22-15-9-8-14-20(21)22)32-33-25-30-23(27-18-10-4-2-5-11-18)29-24(31-25)28-19-12-6-3-7-13-19/h2-16,26H,1H3,(H3,27,28,29,30,31,33)/b32-17+. The zero-order valence-electron chi connectivity index (χ0n) is 17.9. The van der Waals surface area contributed by atoms with Gasteiger partial charge in [0.2, 0.25) is 17.8 Å². The molecule has 0 aliphatic rings. The Labute approximate surface area is 190 Å². The molecule has 0 amide bonds. The zero-order chi connectivity index (χ0) is 22.5. The van der Waals surface area contributed by atoms with Crippen LogP contribution in [0.3, 0.4) is 0 Å². The minimum absolute atomic E-state index is 0.320. The molecule has 8 nitrogen and oxygen atoms in total. The quantitative estimate of drug-likeness (QED) is 0.194. The number of H-pyrrole nitrogens is 1. The first-order valence-corrected chi connectivity index (χ1v) is 10.5. The molecule has 0 saturated heterocycles. The van der Waals surface area contributed by atoms with Gasteiger partial charge in [-0.05, 0) is 37.3 Å². The van der Waals surface area contributed by atoms with Crippen LogP contribution in [0.4, 0.5) is 29.2 Å². The fourth-order valence-corrected chi connectivity index (χ4v) is 3.40. The van der Waals surface area contributed by atoms with Crippen LogP contribution in [0.15, 0.2) is 96.2 Å². The van der Waals surface area contributed by atoms with E-state index in [9.17, 15) is 0 Å². The van der Waals surface area contributed by atoms with Crippen molar-refractivity contribution in [2.45, 2.75) is 6.92 Å². The van der Waals surface area contributed by atoms with E-state index in [1.54, 1.807) is 0 Å². The Morgan fingerprint density at radius 1 is 0.697 bits per heavy atom. The second kappa shape index (κ2) is 9.19. The molecule has 0 saturated carbocycles. The van der Waals surface area contributed by atoms with Crippen LogP contribution in [0.5, 0.6) is 0 Å². The van der Waals surface area contributed by atoms with Crippen LogP contribution >= 0.6 is 0 Å². The summed E-state index contributed by atoms with van der Waals surface area (Å²) in [7, 11) is 0. The highest BCUT2D eigenvalue weighted by atomic mass is 15.4. The van der Waals surface area contributed by atoms with E-state index in [1.165, 1.54) is 0 Å². The van der Waals surface area contributed by atoms with Crippen molar-refractivity contribution in [3.8, 4) is 0 Å². The van der Waals surface area contributed by atoms with Gasteiger partial charge in [0.1, 0.15) is 0 Å². The number of nitrogens with one attached hydrogen (secondary N) is 4. The van der Waals surface area contributed by atoms with Gasteiger partial charge in [0, 0.05) is 34.0 Å². The number of hydrogen-bond donors (Lipinski definition) is 4. The number of aromatic amines is 1. The fourth-order valence-electron chi connectivity index (χ4n) is 3.40. The maximum absolute atomic E-state index is 4.52. The molecular formula is C25H22N8.